The van der Waals surface area contributed by atoms with Crippen molar-refractivity contribution >= 4 is 11.0 Å². The number of hydrogen-bond donors (Lipinski definition) is 0. The fraction of sp³-hybridized carbons (Fsp3) is 0.240. The molecule has 0 atom stereocenters. The van der Waals surface area contributed by atoms with E-state index >= 15 is 0 Å². The standard InChI is InChI=1S/C25H26O2/c1-17(2)10-12-19-14-21(13-11-18(3)4)25-22(15-19)24(26)23(16-27-25)20-8-6-5-7-9-20/h5-9,14-16H,1,3,10-13H2,2,4H3. The maximum Gasteiger partial charge on any atom is 0.200 e. The fourth-order valence-corrected chi connectivity index (χ4v) is 3.23. The Kier molecular flexibility index (Phi) is 5.75. The van der Waals surface area contributed by atoms with Gasteiger partial charge in [0.2, 0.25) is 5.43 Å². The van der Waals surface area contributed by atoms with Gasteiger partial charge in [-0.2, -0.15) is 0 Å². The van der Waals surface area contributed by atoms with E-state index in [4.69, 9.17) is 4.42 Å². The Hall–Kier alpha value is -2.87. The van der Waals surface area contributed by atoms with Crippen molar-refractivity contribution in [3.63, 3.8) is 0 Å². The second-order valence-corrected chi connectivity index (χ2v) is 7.39. The average Bonchev–Trinajstić information content (AvgIpc) is 2.65. The van der Waals surface area contributed by atoms with E-state index in [1.807, 2.05) is 50.2 Å². The lowest BCUT2D eigenvalue weighted by Crippen LogP contribution is -2.07. The SMILES string of the molecule is C=C(C)CCc1cc(CCC(=C)C)c2occ(-c3ccccc3)c(=O)c2c1. The Labute approximate surface area is 160 Å². The number of hydrogen-bond acceptors (Lipinski definition) is 2. The van der Waals surface area contributed by atoms with Gasteiger partial charge in [0.05, 0.1) is 10.9 Å². The molecular formula is C25H26O2. The molecule has 0 unspecified atom stereocenters. The summed E-state index contributed by atoms with van der Waals surface area (Å²) in [4.78, 5) is 13.2. The van der Waals surface area contributed by atoms with Crippen LogP contribution in [0, 0.1) is 0 Å². The first kappa shape index (κ1) is 18.9. The minimum atomic E-state index is 0.0243. The molecule has 138 valence electrons. The van der Waals surface area contributed by atoms with E-state index in [-0.39, 0.29) is 5.43 Å². The molecule has 0 saturated carbocycles. The first-order valence-electron chi connectivity index (χ1n) is 9.37. The van der Waals surface area contributed by atoms with Crippen LogP contribution in [0.2, 0.25) is 0 Å². The third-order valence-corrected chi connectivity index (χ3v) is 4.76. The molecule has 0 fully saturated rings. The Morgan fingerprint density at radius 2 is 1.63 bits per heavy atom. The minimum Gasteiger partial charge on any atom is -0.463 e. The molecule has 0 aliphatic carbocycles. The van der Waals surface area contributed by atoms with Crippen LogP contribution < -0.4 is 5.43 Å². The average molecular weight is 358 g/mol. The molecule has 1 aromatic heterocycles. The number of allylic oxidation sites excluding steroid dienone is 2. The van der Waals surface area contributed by atoms with Crippen LogP contribution in [0.5, 0.6) is 0 Å². The maximum atomic E-state index is 13.2. The summed E-state index contributed by atoms with van der Waals surface area (Å²) < 4.78 is 5.97. The van der Waals surface area contributed by atoms with Crippen molar-refractivity contribution in [2.75, 3.05) is 0 Å². The third-order valence-electron chi connectivity index (χ3n) is 4.76. The zero-order chi connectivity index (χ0) is 19.4. The normalized spacial score (nSPS) is 10.9. The van der Waals surface area contributed by atoms with Gasteiger partial charge in [-0.3, -0.25) is 4.79 Å². The lowest BCUT2D eigenvalue weighted by molar-refractivity contribution is 0.599. The predicted molar refractivity (Wildman–Crippen MR) is 114 cm³/mol. The summed E-state index contributed by atoms with van der Waals surface area (Å²) in [5.41, 5.74) is 6.69. The Morgan fingerprint density at radius 1 is 0.963 bits per heavy atom. The molecule has 0 radical (unpaired) electrons. The molecule has 27 heavy (non-hydrogen) atoms. The second kappa shape index (κ2) is 8.22. The van der Waals surface area contributed by atoms with Gasteiger partial charge >= 0.3 is 0 Å². The van der Waals surface area contributed by atoms with Crippen LogP contribution in [-0.4, -0.2) is 0 Å². The van der Waals surface area contributed by atoms with E-state index in [2.05, 4.69) is 19.2 Å². The second-order valence-electron chi connectivity index (χ2n) is 7.39. The highest BCUT2D eigenvalue weighted by molar-refractivity contribution is 5.84. The highest BCUT2D eigenvalue weighted by Crippen LogP contribution is 2.26. The molecule has 0 amide bonds. The first-order chi connectivity index (χ1) is 13.0. The molecule has 0 aliphatic heterocycles. The van der Waals surface area contributed by atoms with Crippen molar-refractivity contribution in [2.24, 2.45) is 0 Å². The fourth-order valence-electron chi connectivity index (χ4n) is 3.23. The molecule has 0 saturated heterocycles. The van der Waals surface area contributed by atoms with E-state index in [1.54, 1.807) is 6.26 Å². The number of aryl methyl sites for hydroxylation is 2. The van der Waals surface area contributed by atoms with Gasteiger partial charge in [-0.05, 0) is 62.3 Å². The van der Waals surface area contributed by atoms with Crippen LogP contribution in [0.1, 0.15) is 37.8 Å². The predicted octanol–water partition coefficient (Wildman–Crippen LogP) is 6.48. The topological polar surface area (TPSA) is 30.2 Å². The van der Waals surface area contributed by atoms with Crippen molar-refractivity contribution < 1.29 is 4.42 Å². The van der Waals surface area contributed by atoms with Crippen LogP contribution in [0.4, 0.5) is 0 Å². The molecule has 2 nitrogen and oxygen atoms in total. The lowest BCUT2D eigenvalue weighted by Gasteiger charge is -2.11. The van der Waals surface area contributed by atoms with Gasteiger partial charge in [0, 0.05) is 0 Å². The molecular weight excluding hydrogens is 332 g/mol. The van der Waals surface area contributed by atoms with Crippen molar-refractivity contribution in [3.05, 3.63) is 94.4 Å². The van der Waals surface area contributed by atoms with Gasteiger partial charge in [0.25, 0.3) is 0 Å². The summed E-state index contributed by atoms with van der Waals surface area (Å²) in [5, 5.41) is 0.660. The van der Waals surface area contributed by atoms with Crippen molar-refractivity contribution in [2.45, 2.75) is 39.5 Å². The van der Waals surface area contributed by atoms with Crippen molar-refractivity contribution in [1.29, 1.82) is 0 Å². The van der Waals surface area contributed by atoms with Gasteiger partial charge in [-0.1, -0.05) is 47.5 Å². The molecule has 0 aliphatic rings. The summed E-state index contributed by atoms with van der Waals surface area (Å²) in [6.07, 6.45) is 5.08. The molecule has 0 N–H and O–H groups in total. The molecule has 3 aromatic rings. The van der Waals surface area contributed by atoms with Crippen LogP contribution >= 0.6 is 0 Å². The van der Waals surface area contributed by atoms with Gasteiger partial charge in [0.15, 0.2) is 0 Å². The van der Waals surface area contributed by atoms with E-state index in [0.717, 1.165) is 53.5 Å². The summed E-state index contributed by atoms with van der Waals surface area (Å²) in [7, 11) is 0. The highest BCUT2D eigenvalue weighted by Gasteiger charge is 2.14. The largest absolute Gasteiger partial charge is 0.463 e. The Bertz CT molecular complexity index is 1040. The van der Waals surface area contributed by atoms with Crippen LogP contribution in [0.3, 0.4) is 0 Å². The first-order valence-corrected chi connectivity index (χ1v) is 9.37. The van der Waals surface area contributed by atoms with E-state index < -0.39 is 0 Å². The molecule has 1 heterocycles. The molecule has 0 bridgehead atoms. The Balaban J connectivity index is 2.15. The van der Waals surface area contributed by atoms with Crippen LogP contribution in [-0.2, 0) is 12.8 Å². The quantitative estimate of drug-likeness (QED) is 0.453. The molecule has 2 heteroatoms. The van der Waals surface area contributed by atoms with Crippen molar-refractivity contribution in [1.82, 2.24) is 0 Å². The number of fused-ring (bicyclic) bond motifs is 1. The third kappa shape index (κ3) is 4.46. The van der Waals surface area contributed by atoms with E-state index in [1.165, 1.54) is 0 Å². The van der Waals surface area contributed by atoms with Gasteiger partial charge in [-0.25, -0.2) is 0 Å². The zero-order valence-corrected chi connectivity index (χ0v) is 16.2. The van der Waals surface area contributed by atoms with Gasteiger partial charge in [-0.15, -0.1) is 13.2 Å². The minimum absolute atomic E-state index is 0.0243. The van der Waals surface area contributed by atoms with Gasteiger partial charge in [0.1, 0.15) is 11.8 Å². The lowest BCUT2D eigenvalue weighted by atomic mass is 9.96. The smallest absolute Gasteiger partial charge is 0.200 e. The van der Waals surface area contributed by atoms with E-state index in [0.29, 0.717) is 16.5 Å². The summed E-state index contributed by atoms with van der Waals surface area (Å²) in [6.45, 7) is 12.1. The van der Waals surface area contributed by atoms with Crippen molar-refractivity contribution in [3.8, 4) is 11.1 Å². The molecule has 2 aromatic carbocycles. The molecule has 3 rings (SSSR count). The number of rotatable bonds is 7. The summed E-state index contributed by atoms with van der Waals surface area (Å²) in [5.74, 6) is 0. The zero-order valence-electron chi connectivity index (χ0n) is 16.2. The van der Waals surface area contributed by atoms with Crippen LogP contribution in [0.15, 0.2) is 82.2 Å². The van der Waals surface area contributed by atoms with Crippen LogP contribution in [0.25, 0.3) is 22.1 Å². The Morgan fingerprint density at radius 3 is 2.30 bits per heavy atom. The molecule has 0 spiro atoms. The van der Waals surface area contributed by atoms with Gasteiger partial charge < -0.3 is 4.42 Å². The number of benzene rings is 2. The summed E-state index contributed by atoms with van der Waals surface area (Å²) in [6, 6.07) is 13.8. The monoisotopic (exact) mass is 358 g/mol. The van der Waals surface area contributed by atoms with E-state index in [9.17, 15) is 4.79 Å². The highest BCUT2D eigenvalue weighted by atomic mass is 16.3. The summed E-state index contributed by atoms with van der Waals surface area (Å²) >= 11 is 0. The maximum absolute atomic E-state index is 13.2.